The van der Waals surface area contributed by atoms with E-state index in [1.165, 1.54) is 23.1 Å². The summed E-state index contributed by atoms with van der Waals surface area (Å²) in [6.07, 6.45) is 1.57. The van der Waals surface area contributed by atoms with Crippen LogP contribution >= 0.6 is 0 Å². The molecule has 150 valence electrons. The maximum atomic E-state index is 13.4. The van der Waals surface area contributed by atoms with Crippen LogP contribution in [0.4, 0.5) is 10.2 Å². The van der Waals surface area contributed by atoms with Crippen molar-refractivity contribution in [1.82, 2.24) is 4.98 Å². The molecule has 0 atom stereocenters. The van der Waals surface area contributed by atoms with Gasteiger partial charge in [0.15, 0.2) is 11.2 Å². The van der Waals surface area contributed by atoms with Crippen LogP contribution in [-0.4, -0.2) is 10.9 Å². The average Bonchev–Trinajstić information content (AvgIpc) is 2.74. The second kappa shape index (κ2) is 7.91. The number of pyridine rings is 1. The summed E-state index contributed by atoms with van der Waals surface area (Å²) in [5.41, 5.74) is 2.54. The third-order valence-electron chi connectivity index (χ3n) is 4.79. The number of halogens is 1. The molecule has 0 fully saturated rings. The van der Waals surface area contributed by atoms with E-state index in [0.717, 1.165) is 11.1 Å². The van der Waals surface area contributed by atoms with E-state index < -0.39 is 5.91 Å². The molecule has 6 heteroatoms. The molecule has 0 bridgehead atoms. The second-order valence-corrected chi connectivity index (χ2v) is 7.14. The van der Waals surface area contributed by atoms with E-state index in [9.17, 15) is 14.0 Å². The van der Waals surface area contributed by atoms with Crippen molar-refractivity contribution in [2.45, 2.75) is 20.4 Å². The lowest BCUT2D eigenvalue weighted by Gasteiger charge is -2.21. The molecule has 0 saturated carbocycles. The molecule has 30 heavy (non-hydrogen) atoms. The summed E-state index contributed by atoms with van der Waals surface area (Å²) in [5.74, 6) is -0.542. The fraction of sp³-hybridized carbons (Fsp3) is 0.125. The van der Waals surface area contributed by atoms with E-state index in [1.54, 1.807) is 42.6 Å². The van der Waals surface area contributed by atoms with Gasteiger partial charge < -0.3 is 4.42 Å². The van der Waals surface area contributed by atoms with Crippen molar-refractivity contribution >= 4 is 22.7 Å². The lowest BCUT2D eigenvalue weighted by atomic mass is 10.1. The molecule has 0 aliphatic rings. The lowest BCUT2D eigenvalue weighted by molar-refractivity contribution is 0.0958. The van der Waals surface area contributed by atoms with Gasteiger partial charge in [-0.2, -0.15) is 0 Å². The van der Waals surface area contributed by atoms with Crippen LogP contribution in [0.1, 0.15) is 27.2 Å². The maximum absolute atomic E-state index is 13.4. The molecule has 0 aliphatic carbocycles. The van der Waals surface area contributed by atoms with Crippen LogP contribution in [0.3, 0.4) is 0 Å². The number of aromatic nitrogens is 1. The van der Waals surface area contributed by atoms with Gasteiger partial charge in [-0.05, 0) is 60.9 Å². The number of aryl methyl sites for hydroxylation is 2. The number of nitrogens with zero attached hydrogens (tertiary/aromatic N) is 2. The zero-order valence-corrected chi connectivity index (χ0v) is 16.6. The minimum absolute atomic E-state index is 0.0767. The number of carbonyl (C=O) groups is 1. The number of rotatable bonds is 4. The average molecular weight is 402 g/mol. The SMILES string of the molecule is Cc1cc(C)c2oc(C(=O)N(Cc3ccc(F)cc3)c3ccccn3)cc(=O)c2c1. The third-order valence-corrected chi connectivity index (χ3v) is 4.79. The predicted octanol–water partition coefficient (Wildman–Crippen LogP) is 4.79. The number of hydrogen-bond donors (Lipinski definition) is 0. The Morgan fingerprint density at radius 2 is 1.83 bits per heavy atom. The smallest absolute Gasteiger partial charge is 0.295 e. The minimum atomic E-state index is -0.503. The highest BCUT2D eigenvalue weighted by Crippen LogP contribution is 2.22. The molecule has 0 spiro atoms. The topological polar surface area (TPSA) is 63.4 Å². The van der Waals surface area contributed by atoms with Crippen LogP contribution in [0.5, 0.6) is 0 Å². The van der Waals surface area contributed by atoms with Gasteiger partial charge in [0, 0.05) is 12.3 Å². The standard InChI is InChI=1S/C24H19FN2O3/c1-15-11-16(2)23-19(12-15)20(28)13-21(30-23)24(29)27(22-5-3-4-10-26-22)14-17-6-8-18(25)9-7-17/h3-13H,14H2,1-2H3. The van der Waals surface area contributed by atoms with Crippen molar-refractivity contribution in [3.63, 3.8) is 0 Å². The minimum Gasteiger partial charge on any atom is -0.450 e. The van der Waals surface area contributed by atoms with E-state index in [0.29, 0.717) is 22.4 Å². The van der Waals surface area contributed by atoms with Crippen LogP contribution < -0.4 is 10.3 Å². The molecule has 5 nitrogen and oxygen atoms in total. The number of hydrogen-bond acceptors (Lipinski definition) is 4. The molecule has 0 saturated heterocycles. The molecule has 2 aromatic carbocycles. The molecular weight excluding hydrogens is 383 g/mol. The van der Waals surface area contributed by atoms with Crippen LogP contribution in [0.15, 0.2) is 76.1 Å². The van der Waals surface area contributed by atoms with Crippen LogP contribution in [-0.2, 0) is 6.54 Å². The summed E-state index contributed by atoms with van der Waals surface area (Å²) in [6.45, 7) is 3.88. The predicted molar refractivity (Wildman–Crippen MR) is 113 cm³/mol. The first-order chi connectivity index (χ1) is 14.4. The Morgan fingerprint density at radius 1 is 1.07 bits per heavy atom. The van der Waals surface area contributed by atoms with Crippen molar-refractivity contribution in [3.05, 3.63) is 105 Å². The summed E-state index contributed by atoms with van der Waals surface area (Å²) in [4.78, 5) is 31.7. The highest BCUT2D eigenvalue weighted by atomic mass is 19.1. The Labute approximate surface area is 172 Å². The van der Waals surface area contributed by atoms with Gasteiger partial charge in [0.1, 0.15) is 17.2 Å². The molecule has 2 aromatic heterocycles. The Morgan fingerprint density at radius 3 is 2.53 bits per heavy atom. The molecule has 0 N–H and O–H groups in total. The highest BCUT2D eigenvalue weighted by molar-refractivity contribution is 6.04. The van der Waals surface area contributed by atoms with Crippen molar-refractivity contribution in [3.8, 4) is 0 Å². The zero-order chi connectivity index (χ0) is 21.3. The fourth-order valence-electron chi connectivity index (χ4n) is 3.39. The Kier molecular flexibility index (Phi) is 5.14. The van der Waals surface area contributed by atoms with Gasteiger partial charge >= 0.3 is 0 Å². The summed E-state index contributed by atoms with van der Waals surface area (Å²) >= 11 is 0. The largest absolute Gasteiger partial charge is 0.450 e. The molecule has 0 aliphatic heterocycles. The lowest BCUT2D eigenvalue weighted by Crippen LogP contribution is -2.31. The van der Waals surface area contributed by atoms with Gasteiger partial charge in [0.2, 0.25) is 0 Å². The quantitative estimate of drug-likeness (QED) is 0.492. The molecule has 4 rings (SSSR count). The number of benzene rings is 2. The summed E-state index contributed by atoms with van der Waals surface area (Å²) in [6, 6.07) is 15.9. The molecule has 0 radical (unpaired) electrons. The van der Waals surface area contributed by atoms with E-state index in [-0.39, 0.29) is 23.6 Å². The zero-order valence-electron chi connectivity index (χ0n) is 16.6. The van der Waals surface area contributed by atoms with E-state index in [2.05, 4.69) is 4.98 Å². The first-order valence-corrected chi connectivity index (χ1v) is 9.45. The van der Waals surface area contributed by atoms with Crippen molar-refractivity contribution < 1.29 is 13.6 Å². The van der Waals surface area contributed by atoms with Gasteiger partial charge in [-0.25, -0.2) is 9.37 Å². The number of fused-ring (bicyclic) bond motifs is 1. The van der Waals surface area contributed by atoms with E-state index in [4.69, 9.17) is 4.42 Å². The number of amides is 1. The molecule has 2 heterocycles. The van der Waals surface area contributed by atoms with E-state index in [1.807, 2.05) is 19.9 Å². The third kappa shape index (κ3) is 3.85. The van der Waals surface area contributed by atoms with Gasteiger partial charge in [-0.15, -0.1) is 0 Å². The van der Waals surface area contributed by atoms with Gasteiger partial charge in [0.05, 0.1) is 11.9 Å². The Bertz CT molecular complexity index is 1280. The molecule has 4 aromatic rings. The fourth-order valence-corrected chi connectivity index (χ4v) is 3.39. The second-order valence-electron chi connectivity index (χ2n) is 7.14. The highest BCUT2D eigenvalue weighted by Gasteiger charge is 2.23. The summed E-state index contributed by atoms with van der Waals surface area (Å²) < 4.78 is 19.2. The first-order valence-electron chi connectivity index (χ1n) is 9.45. The first kappa shape index (κ1) is 19.5. The number of anilines is 1. The Balaban J connectivity index is 1.80. The monoisotopic (exact) mass is 402 g/mol. The van der Waals surface area contributed by atoms with Crippen molar-refractivity contribution in [2.24, 2.45) is 0 Å². The normalized spacial score (nSPS) is 10.9. The van der Waals surface area contributed by atoms with Crippen LogP contribution in [0.2, 0.25) is 0 Å². The molecular formula is C24H19FN2O3. The van der Waals surface area contributed by atoms with Gasteiger partial charge in [-0.1, -0.05) is 24.3 Å². The van der Waals surface area contributed by atoms with Crippen LogP contribution in [0, 0.1) is 19.7 Å². The van der Waals surface area contributed by atoms with Gasteiger partial charge in [-0.3, -0.25) is 14.5 Å². The Hall–Kier alpha value is -3.80. The van der Waals surface area contributed by atoms with Crippen LogP contribution in [0.25, 0.3) is 11.0 Å². The van der Waals surface area contributed by atoms with Crippen molar-refractivity contribution in [2.75, 3.05) is 4.90 Å². The summed E-state index contributed by atoms with van der Waals surface area (Å²) in [5, 5.41) is 0.437. The maximum Gasteiger partial charge on any atom is 0.295 e. The molecule has 0 unspecified atom stereocenters. The van der Waals surface area contributed by atoms with Crippen molar-refractivity contribution in [1.29, 1.82) is 0 Å². The van der Waals surface area contributed by atoms with Gasteiger partial charge in [0.25, 0.3) is 5.91 Å². The summed E-state index contributed by atoms with van der Waals surface area (Å²) in [7, 11) is 0. The molecule has 1 amide bonds. The number of carbonyl (C=O) groups excluding carboxylic acids is 1. The van der Waals surface area contributed by atoms with E-state index >= 15 is 0 Å².